The van der Waals surface area contributed by atoms with Gasteiger partial charge in [0, 0.05) is 19.2 Å². The molecule has 1 aromatic carbocycles. The molecule has 0 spiro atoms. The molecule has 0 fully saturated rings. The summed E-state index contributed by atoms with van der Waals surface area (Å²) in [4.78, 5) is 6.62. The van der Waals surface area contributed by atoms with E-state index in [0.717, 1.165) is 23.6 Å². The van der Waals surface area contributed by atoms with Crippen molar-refractivity contribution in [3.8, 4) is 0 Å². The maximum atomic E-state index is 13.6. The van der Waals surface area contributed by atoms with E-state index in [0.29, 0.717) is 25.0 Å². The molecule has 0 aliphatic heterocycles. The number of aromatic nitrogens is 1. The van der Waals surface area contributed by atoms with Gasteiger partial charge >= 0.3 is 0 Å². The van der Waals surface area contributed by atoms with Gasteiger partial charge < -0.3 is 20.1 Å². The number of nitrogens with zero attached hydrogens (tertiary/aromatic N) is 3. The van der Waals surface area contributed by atoms with E-state index in [4.69, 9.17) is 4.52 Å². The molecule has 148 valence electrons. The fraction of sp³-hybridized carbons (Fsp3) is 0.500. The normalized spacial score (nSPS) is 13.3. The molecule has 6 nitrogen and oxygen atoms in total. The van der Waals surface area contributed by atoms with Crippen LogP contribution >= 0.6 is 0 Å². The highest BCUT2D eigenvalue weighted by molar-refractivity contribution is 5.79. The molecule has 0 saturated carbocycles. The molecular weight excluding hydrogens is 345 g/mol. The van der Waals surface area contributed by atoms with Gasteiger partial charge in [-0.2, -0.15) is 0 Å². The van der Waals surface area contributed by atoms with E-state index in [1.54, 1.807) is 12.1 Å². The predicted octanol–water partition coefficient (Wildman–Crippen LogP) is 3.30. The summed E-state index contributed by atoms with van der Waals surface area (Å²) in [6, 6.07) is 8.64. The Bertz CT molecular complexity index is 741. The highest BCUT2D eigenvalue weighted by atomic mass is 19.1. The zero-order valence-corrected chi connectivity index (χ0v) is 16.8. The molecule has 1 unspecified atom stereocenters. The van der Waals surface area contributed by atoms with Crippen LogP contribution in [0, 0.1) is 5.82 Å². The van der Waals surface area contributed by atoms with Gasteiger partial charge in [0.15, 0.2) is 11.7 Å². The first-order chi connectivity index (χ1) is 12.9. The highest BCUT2D eigenvalue weighted by Crippen LogP contribution is 2.18. The van der Waals surface area contributed by atoms with Crippen LogP contribution in [0.15, 0.2) is 39.8 Å². The second-order valence-corrected chi connectivity index (χ2v) is 6.98. The highest BCUT2D eigenvalue weighted by Gasteiger charge is 2.15. The lowest BCUT2D eigenvalue weighted by Gasteiger charge is -2.26. The minimum Gasteiger partial charge on any atom is -0.359 e. The summed E-state index contributed by atoms with van der Waals surface area (Å²) in [6.07, 6.45) is 0. The Balaban J connectivity index is 2.04. The van der Waals surface area contributed by atoms with E-state index in [1.165, 1.54) is 6.07 Å². The SMILES string of the molecule is CCNC(=NCc1cc(C(C)C)no1)NCC(c1cccc(F)c1)N(C)C. The summed E-state index contributed by atoms with van der Waals surface area (Å²) in [7, 11) is 3.95. The smallest absolute Gasteiger partial charge is 0.191 e. The first kappa shape index (κ1) is 20.9. The molecule has 2 N–H and O–H groups in total. The molecule has 0 bridgehead atoms. The first-order valence-corrected chi connectivity index (χ1v) is 9.30. The third-order valence-corrected chi connectivity index (χ3v) is 4.23. The molecule has 0 aliphatic carbocycles. The van der Waals surface area contributed by atoms with Gasteiger partial charge in [-0.3, -0.25) is 0 Å². The fourth-order valence-corrected chi connectivity index (χ4v) is 2.68. The molecule has 2 rings (SSSR count). The Morgan fingerprint density at radius 2 is 2.04 bits per heavy atom. The van der Waals surface area contributed by atoms with E-state index < -0.39 is 0 Å². The van der Waals surface area contributed by atoms with E-state index in [1.807, 2.05) is 33.2 Å². The maximum absolute atomic E-state index is 13.6. The maximum Gasteiger partial charge on any atom is 0.191 e. The summed E-state index contributed by atoms with van der Waals surface area (Å²) < 4.78 is 18.9. The van der Waals surface area contributed by atoms with Crippen LogP contribution in [-0.2, 0) is 6.54 Å². The number of rotatable bonds is 8. The van der Waals surface area contributed by atoms with Crippen LogP contribution < -0.4 is 10.6 Å². The van der Waals surface area contributed by atoms with Crippen LogP contribution in [0.3, 0.4) is 0 Å². The van der Waals surface area contributed by atoms with E-state index in [2.05, 4.69) is 39.5 Å². The lowest BCUT2D eigenvalue weighted by molar-refractivity contribution is 0.297. The third kappa shape index (κ3) is 6.36. The summed E-state index contributed by atoms with van der Waals surface area (Å²) in [5, 5.41) is 10.6. The quantitative estimate of drug-likeness (QED) is 0.547. The van der Waals surface area contributed by atoms with Crippen molar-refractivity contribution in [2.75, 3.05) is 27.2 Å². The van der Waals surface area contributed by atoms with Gasteiger partial charge in [-0.15, -0.1) is 0 Å². The van der Waals surface area contributed by atoms with E-state index >= 15 is 0 Å². The molecule has 0 saturated heterocycles. The molecule has 0 aliphatic rings. The number of nitrogens with one attached hydrogen (secondary N) is 2. The number of guanidine groups is 1. The lowest BCUT2D eigenvalue weighted by Crippen LogP contribution is -2.41. The number of hydrogen-bond donors (Lipinski definition) is 2. The average Bonchev–Trinajstić information content (AvgIpc) is 3.09. The standard InChI is InChI=1S/C20H30FN5O/c1-6-22-20(23-12-17-11-18(14(2)3)25-27-17)24-13-19(26(4)5)15-8-7-9-16(21)10-15/h7-11,14,19H,6,12-13H2,1-5H3,(H2,22,23,24). The van der Waals surface area contributed by atoms with Gasteiger partial charge in [0.1, 0.15) is 12.4 Å². The Hall–Kier alpha value is -2.41. The number of hydrogen-bond acceptors (Lipinski definition) is 4. The van der Waals surface area contributed by atoms with Crippen molar-refractivity contribution in [2.45, 2.75) is 39.3 Å². The van der Waals surface area contributed by atoms with Crippen LogP contribution in [0.1, 0.15) is 49.7 Å². The minimum atomic E-state index is -0.230. The van der Waals surface area contributed by atoms with Gasteiger partial charge in [-0.1, -0.05) is 31.1 Å². The second kappa shape index (κ2) is 10.1. The summed E-state index contributed by atoms with van der Waals surface area (Å²) in [5.41, 5.74) is 1.84. The first-order valence-electron chi connectivity index (χ1n) is 9.30. The largest absolute Gasteiger partial charge is 0.359 e. The average molecular weight is 375 g/mol. The fourth-order valence-electron chi connectivity index (χ4n) is 2.68. The summed E-state index contributed by atoms with van der Waals surface area (Å²) >= 11 is 0. The Labute approximate surface area is 160 Å². The molecular formula is C20H30FN5O. The van der Waals surface area contributed by atoms with Crippen LogP contribution in [0.5, 0.6) is 0 Å². The van der Waals surface area contributed by atoms with Gasteiger partial charge in [0.2, 0.25) is 0 Å². The Kier molecular flexibility index (Phi) is 7.79. The molecule has 27 heavy (non-hydrogen) atoms. The van der Waals surface area contributed by atoms with Crippen molar-refractivity contribution in [3.63, 3.8) is 0 Å². The van der Waals surface area contributed by atoms with E-state index in [9.17, 15) is 4.39 Å². The van der Waals surface area contributed by atoms with Crippen molar-refractivity contribution in [2.24, 2.45) is 4.99 Å². The topological polar surface area (TPSA) is 65.7 Å². The molecule has 1 heterocycles. The molecule has 0 amide bonds. The van der Waals surface area contributed by atoms with Crippen LogP contribution in [0.4, 0.5) is 4.39 Å². The van der Waals surface area contributed by atoms with Crippen molar-refractivity contribution in [3.05, 3.63) is 53.2 Å². The van der Waals surface area contributed by atoms with Gasteiger partial charge in [0.05, 0.1) is 11.7 Å². The third-order valence-electron chi connectivity index (χ3n) is 4.23. The van der Waals surface area contributed by atoms with Gasteiger partial charge in [-0.05, 0) is 44.6 Å². The van der Waals surface area contributed by atoms with E-state index in [-0.39, 0.29) is 11.9 Å². The van der Waals surface area contributed by atoms with Crippen molar-refractivity contribution < 1.29 is 8.91 Å². The zero-order valence-electron chi connectivity index (χ0n) is 16.8. The summed E-state index contributed by atoms with van der Waals surface area (Å²) in [5.74, 6) is 1.50. The molecule has 7 heteroatoms. The monoisotopic (exact) mass is 375 g/mol. The summed E-state index contributed by atoms with van der Waals surface area (Å²) in [6.45, 7) is 7.90. The number of halogens is 1. The molecule has 2 aromatic rings. The Morgan fingerprint density at radius 1 is 1.26 bits per heavy atom. The molecule has 1 aromatic heterocycles. The van der Waals surface area contributed by atoms with Crippen molar-refractivity contribution in [1.29, 1.82) is 0 Å². The van der Waals surface area contributed by atoms with Crippen LogP contribution in [-0.4, -0.2) is 43.2 Å². The lowest BCUT2D eigenvalue weighted by atomic mass is 10.1. The van der Waals surface area contributed by atoms with Gasteiger partial charge in [0.25, 0.3) is 0 Å². The number of likely N-dealkylation sites (N-methyl/N-ethyl adjacent to an activating group) is 1. The van der Waals surface area contributed by atoms with Crippen LogP contribution in [0.25, 0.3) is 0 Å². The predicted molar refractivity (Wildman–Crippen MR) is 106 cm³/mol. The van der Waals surface area contributed by atoms with Crippen molar-refractivity contribution in [1.82, 2.24) is 20.7 Å². The van der Waals surface area contributed by atoms with Crippen LogP contribution in [0.2, 0.25) is 0 Å². The van der Waals surface area contributed by atoms with Crippen molar-refractivity contribution >= 4 is 5.96 Å². The molecule has 0 radical (unpaired) electrons. The second-order valence-electron chi connectivity index (χ2n) is 6.98. The van der Waals surface area contributed by atoms with Gasteiger partial charge in [-0.25, -0.2) is 9.38 Å². The zero-order chi connectivity index (χ0) is 19.8. The minimum absolute atomic E-state index is 0.0161. The number of aliphatic imine (C=N–C) groups is 1. The Morgan fingerprint density at radius 3 is 2.63 bits per heavy atom. The number of benzene rings is 1. The molecule has 1 atom stereocenters.